The summed E-state index contributed by atoms with van der Waals surface area (Å²) in [7, 11) is 0. The van der Waals surface area contributed by atoms with Crippen molar-refractivity contribution in [3.63, 3.8) is 0 Å². The second-order valence-corrected chi connectivity index (χ2v) is 7.09. The highest BCUT2D eigenvalue weighted by molar-refractivity contribution is 7.11. The van der Waals surface area contributed by atoms with Gasteiger partial charge in [0.1, 0.15) is 11.4 Å². The van der Waals surface area contributed by atoms with Gasteiger partial charge in [0.25, 0.3) is 11.8 Å². The predicted molar refractivity (Wildman–Crippen MR) is 104 cm³/mol. The first-order valence-corrected chi connectivity index (χ1v) is 9.81. The second kappa shape index (κ2) is 7.54. The number of hydrogen-bond acceptors (Lipinski definition) is 6. The molecule has 0 atom stereocenters. The van der Waals surface area contributed by atoms with Crippen LogP contribution in [0.15, 0.2) is 47.5 Å². The molecule has 2 amide bonds. The van der Waals surface area contributed by atoms with Gasteiger partial charge in [0.15, 0.2) is 0 Å². The number of ether oxygens (including phenoxy) is 2. The number of amides is 2. The van der Waals surface area contributed by atoms with E-state index < -0.39 is 0 Å². The molecule has 27 heavy (non-hydrogen) atoms. The third-order valence-electron chi connectivity index (χ3n) is 4.56. The van der Waals surface area contributed by atoms with E-state index in [1.54, 1.807) is 18.2 Å². The van der Waals surface area contributed by atoms with Gasteiger partial charge in [-0.15, -0.1) is 11.3 Å². The summed E-state index contributed by atoms with van der Waals surface area (Å²) in [4.78, 5) is 30.8. The monoisotopic (exact) mass is 384 g/mol. The number of carbonyl (C=O) groups excluding carboxylic acids is 2. The molecule has 0 aliphatic carbocycles. The quantitative estimate of drug-likeness (QED) is 0.742. The third-order valence-corrected chi connectivity index (χ3v) is 5.45. The molecular formula is C20H20N2O4S. The second-order valence-electron chi connectivity index (χ2n) is 6.15. The fourth-order valence-corrected chi connectivity index (χ4v) is 4.14. The molecule has 2 aromatic rings. The molecule has 1 aromatic carbocycles. The fourth-order valence-electron chi connectivity index (χ4n) is 3.38. The number of anilines is 1. The number of para-hydroxylation sites is 2. The predicted octanol–water partition coefficient (Wildman–Crippen LogP) is 2.76. The van der Waals surface area contributed by atoms with E-state index in [9.17, 15) is 9.59 Å². The Labute approximate surface area is 161 Å². The van der Waals surface area contributed by atoms with E-state index in [-0.39, 0.29) is 11.8 Å². The maximum Gasteiger partial charge on any atom is 0.282 e. The van der Waals surface area contributed by atoms with Gasteiger partial charge in [-0.2, -0.15) is 0 Å². The zero-order valence-electron chi connectivity index (χ0n) is 15.0. The Kier molecular flexibility index (Phi) is 4.96. The summed E-state index contributed by atoms with van der Waals surface area (Å²) in [5.74, 6) is -0.0935. The highest BCUT2D eigenvalue weighted by Crippen LogP contribution is 2.39. The molecular weight excluding hydrogens is 364 g/mol. The first-order chi connectivity index (χ1) is 13.2. The van der Waals surface area contributed by atoms with Gasteiger partial charge < -0.3 is 14.4 Å². The standard InChI is InChI=1S/C20H20N2O4S/c1-2-26-15-7-4-3-6-14(15)22-19(23)17(16-8-5-13-27-16)18(20(22)24)21-9-11-25-12-10-21/h3-8,13H,2,9-12H2,1H3. The van der Waals surface area contributed by atoms with E-state index in [2.05, 4.69) is 0 Å². The zero-order chi connectivity index (χ0) is 18.8. The Morgan fingerprint density at radius 1 is 1.07 bits per heavy atom. The van der Waals surface area contributed by atoms with Gasteiger partial charge in [-0.3, -0.25) is 9.59 Å². The molecule has 0 spiro atoms. The van der Waals surface area contributed by atoms with Crippen LogP contribution in [-0.4, -0.2) is 49.6 Å². The van der Waals surface area contributed by atoms with E-state index in [0.717, 1.165) is 4.88 Å². The normalized spacial score (nSPS) is 17.8. The van der Waals surface area contributed by atoms with Crippen molar-refractivity contribution in [2.24, 2.45) is 0 Å². The van der Waals surface area contributed by atoms with Gasteiger partial charge in [-0.05, 0) is 30.5 Å². The van der Waals surface area contributed by atoms with E-state index in [1.165, 1.54) is 16.2 Å². The minimum absolute atomic E-state index is 0.308. The summed E-state index contributed by atoms with van der Waals surface area (Å²) >= 11 is 1.46. The molecule has 1 fully saturated rings. The molecule has 2 aliphatic heterocycles. The van der Waals surface area contributed by atoms with E-state index in [0.29, 0.717) is 55.6 Å². The van der Waals surface area contributed by atoms with E-state index >= 15 is 0 Å². The van der Waals surface area contributed by atoms with Crippen LogP contribution in [0, 0.1) is 0 Å². The Hall–Kier alpha value is -2.64. The van der Waals surface area contributed by atoms with Crippen molar-refractivity contribution < 1.29 is 19.1 Å². The lowest BCUT2D eigenvalue weighted by Crippen LogP contribution is -2.40. The molecule has 1 aromatic heterocycles. The number of rotatable bonds is 5. The first-order valence-electron chi connectivity index (χ1n) is 8.93. The average molecular weight is 384 g/mol. The summed E-state index contributed by atoms with van der Waals surface area (Å²) in [5.41, 5.74) is 1.40. The number of thiophene rings is 1. The molecule has 2 aliphatic rings. The largest absolute Gasteiger partial charge is 0.492 e. The smallest absolute Gasteiger partial charge is 0.282 e. The van der Waals surface area contributed by atoms with Gasteiger partial charge in [0.05, 0.1) is 31.1 Å². The lowest BCUT2D eigenvalue weighted by atomic mass is 10.1. The van der Waals surface area contributed by atoms with Crippen LogP contribution in [0.5, 0.6) is 5.75 Å². The number of morpholine rings is 1. The Morgan fingerprint density at radius 3 is 2.56 bits per heavy atom. The van der Waals surface area contributed by atoms with Crippen molar-refractivity contribution in [1.29, 1.82) is 0 Å². The maximum atomic E-state index is 13.4. The lowest BCUT2D eigenvalue weighted by molar-refractivity contribution is -0.121. The number of nitrogens with zero attached hydrogens (tertiary/aromatic N) is 2. The summed E-state index contributed by atoms with van der Waals surface area (Å²) in [6.45, 7) is 4.58. The fraction of sp³-hybridized carbons (Fsp3) is 0.300. The zero-order valence-corrected chi connectivity index (χ0v) is 15.8. The topological polar surface area (TPSA) is 59.1 Å². The molecule has 0 radical (unpaired) electrons. The molecule has 0 saturated carbocycles. The van der Waals surface area contributed by atoms with Crippen LogP contribution >= 0.6 is 11.3 Å². The maximum absolute atomic E-state index is 13.4. The van der Waals surface area contributed by atoms with Crippen LogP contribution in [-0.2, 0) is 14.3 Å². The summed E-state index contributed by atoms with van der Waals surface area (Å²) < 4.78 is 11.1. The number of benzene rings is 1. The average Bonchev–Trinajstić information content (AvgIpc) is 3.30. The van der Waals surface area contributed by atoms with Gasteiger partial charge in [0.2, 0.25) is 0 Å². The first kappa shape index (κ1) is 17.8. The highest BCUT2D eigenvalue weighted by Gasteiger charge is 2.44. The number of imide groups is 1. The molecule has 140 valence electrons. The summed E-state index contributed by atoms with van der Waals surface area (Å²) in [6.07, 6.45) is 0. The molecule has 3 heterocycles. The van der Waals surface area contributed by atoms with Crippen LogP contribution in [0.3, 0.4) is 0 Å². The van der Waals surface area contributed by atoms with Crippen molar-refractivity contribution in [3.8, 4) is 5.75 Å². The molecule has 0 unspecified atom stereocenters. The highest BCUT2D eigenvalue weighted by atomic mass is 32.1. The van der Waals surface area contributed by atoms with Crippen molar-refractivity contribution in [2.75, 3.05) is 37.8 Å². The molecule has 1 saturated heterocycles. The molecule has 0 N–H and O–H groups in total. The number of carbonyl (C=O) groups is 2. The van der Waals surface area contributed by atoms with Crippen molar-refractivity contribution in [3.05, 3.63) is 52.4 Å². The van der Waals surface area contributed by atoms with Gasteiger partial charge in [-0.1, -0.05) is 18.2 Å². The molecule has 0 bridgehead atoms. The molecule has 7 heteroatoms. The van der Waals surface area contributed by atoms with E-state index in [1.807, 2.05) is 35.4 Å². The van der Waals surface area contributed by atoms with Gasteiger partial charge in [0, 0.05) is 18.0 Å². The van der Waals surface area contributed by atoms with Crippen LogP contribution in [0.4, 0.5) is 5.69 Å². The van der Waals surface area contributed by atoms with Gasteiger partial charge in [-0.25, -0.2) is 4.90 Å². The third kappa shape index (κ3) is 3.13. The summed E-state index contributed by atoms with van der Waals surface area (Å²) in [6, 6.07) is 10.9. The number of hydrogen-bond donors (Lipinski definition) is 0. The molecule has 4 rings (SSSR count). The van der Waals surface area contributed by atoms with Crippen LogP contribution in [0.2, 0.25) is 0 Å². The van der Waals surface area contributed by atoms with Crippen LogP contribution in [0.25, 0.3) is 5.57 Å². The van der Waals surface area contributed by atoms with Crippen molar-refractivity contribution in [1.82, 2.24) is 4.90 Å². The minimum Gasteiger partial charge on any atom is -0.492 e. The van der Waals surface area contributed by atoms with E-state index in [4.69, 9.17) is 9.47 Å². The van der Waals surface area contributed by atoms with Crippen molar-refractivity contribution in [2.45, 2.75) is 6.92 Å². The minimum atomic E-state index is -0.309. The Balaban J connectivity index is 1.80. The van der Waals surface area contributed by atoms with Crippen LogP contribution < -0.4 is 9.64 Å². The lowest BCUT2D eigenvalue weighted by Gasteiger charge is -2.29. The SMILES string of the molecule is CCOc1ccccc1N1C(=O)C(c2cccs2)=C(N2CCOCC2)C1=O. The van der Waals surface area contributed by atoms with Gasteiger partial charge >= 0.3 is 0 Å². The molecule has 6 nitrogen and oxygen atoms in total. The van der Waals surface area contributed by atoms with Crippen molar-refractivity contribution >= 4 is 34.4 Å². The van der Waals surface area contributed by atoms with Crippen LogP contribution in [0.1, 0.15) is 11.8 Å². The Bertz CT molecular complexity index is 885. The Morgan fingerprint density at radius 2 is 1.85 bits per heavy atom. The summed E-state index contributed by atoms with van der Waals surface area (Å²) in [5, 5.41) is 1.91.